The summed E-state index contributed by atoms with van der Waals surface area (Å²) in [5.74, 6) is 0.467. The molecule has 1 N–H and O–H groups in total. The Bertz CT molecular complexity index is 906. The number of nitrogens with zero attached hydrogens (tertiary/aromatic N) is 1. The molecule has 6 nitrogen and oxygen atoms in total. The van der Waals surface area contributed by atoms with E-state index in [1.54, 1.807) is 48.5 Å². The van der Waals surface area contributed by atoms with Crippen LogP contribution in [0.1, 0.15) is 30.1 Å². The predicted octanol–water partition coefficient (Wildman–Crippen LogP) is 3.32. The van der Waals surface area contributed by atoms with Crippen LogP contribution in [0.5, 0.6) is 5.75 Å². The van der Waals surface area contributed by atoms with Gasteiger partial charge in [0.05, 0.1) is 11.5 Å². The van der Waals surface area contributed by atoms with Crippen LogP contribution in [-0.2, 0) is 10.0 Å². The molecule has 1 amide bonds. The van der Waals surface area contributed by atoms with Crippen LogP contribution in [0.3, 0.4) is 0 Å². The van der Waals surface area contributed by atoms with Gasteiger partial charge in [0.25, 0.3) is 5.91 Å². The summed E-state index contributed by atoms with van der Waals surface area (Å²) in [6.45, 7) is 3.13. The van der Waals surface area contributed by atoms with Crippen molar-refractivity contribution in [3.8, 4) is 5.75 Å². The van der Waals surface area contributed by atoms with Crippen LogP contribution < -0.4 is 10.1 Å². The van der Waals surface area contributed by atoms with E-state index in [9.17, 15) is 13.2 Å². The van der Waals surface area contributed by atoms with Gasteiger partial charge in [0.15, 0.2) is 0 Å². The molecule has 0 aromatic heterocycles. The zero-order chi connectivity index (χ0) is 20.1. The van der Waals surface area contributed by atoms with Gasteiger partial charge in [-0.15, -0.1) is 0 Å². The first-order chi connectivity index (χ1) is 13.4. The number of benzene rings is 2. The minimum atomic E-state index is -3.55. The number of rotatable bonds is 6. The molecule has 1 aliphatic heterocycles. The summed E-state index contributed by atoms with van der Waals surface area (Å²) >= 11 is 5.84. The lowest BCUT2D eigenvalue weighted by Gasteiger charge is -2.31. The van der Waals surface area contributed by atoms with Gasteiger partial charge in [-0.1, -0.05) is 11.6 Å². The molecule has 150 valence electrons. The largest absolute Gasteiger partial charge is 0.494 e. The molecule has 1 saturated heterocycles. The van der Waals surface area contributed by atoms with Gasteiger partial charge in [0.1, 0.15) is 5.75 Å². The second-order valence-corrected chi connectivity index (χ2v) is 8.94. The van der Waals surface area contributed by atoms with E-state index in [2.05, 4.69) is 5.32 Å². The van der Waals surface area contributed by atoms with Crippen molar-refractivity contribution in [3.63, 3.8) is 0 Å². The Morgan fingerprint density at radius 2 is 1.71 bits per heavy atom. The molecule has 1 heterocycles. The molecule has 1 aliphatic rings. The Kier molecular flexibility index (Phi) is 6.59. The number of halogens is 1. The molecule has 0 radical (unpaired) electrons. The molecule has 2 aromatic rings. The summed E-state index contributed by atoms with van der Waals surface area (Å²) in [6.07, 6.45) is 1.13. The highest BCUT2D eigenvalue weighted by atomic mass is 35.5. The van der Waals surface area contributed by atoms with E-state index >= 15 is 0 Å². The lowest BCUT2D eigenvalue weighted by molar-refractivity contribution is 0.0924. The molecule has 28 heavy (non-hydrogen) atoms. The van der Waals surface area contributed by atoms with E-state index in [-0.39, 0.29) is 16.8 Å². The smallest absolute Gasteiger partial charge is 0.251 e. The number of carbonyl (C=O) groups excluding carboxylic acids is 1. The van der Waals surface area contributed by atoms with Crippen LogP contribution in [0.4, 0.5) is 0 Å². The fourth-order valence-electron chi connectivity index (χ4n) is 3.13. The van der Waals surface area contributed by atoms with Gasteiger partial charge in [0.2, 0.25) is 10.0 Å². The molecule has 8 heteroatoms. The number of ether oxygens (including phenoxy) is 1. The quantitative estimate of drug-likeness (QED) is 0.774. The van der Waals surface area contributed by atoms with E-state index < -0.39 is 10.0 Å². The van der Waals surface area contributed by atoms with E-state index in [1.807, 2.05) is 6.92 Å². The molecule has 0 aliphatic carbocycles. The van der Waals surface area contributed by atoms with Gasteiger partial charge in [0, 0.05) is 29.7 Å². The SMILES string of the molecule is CCOc1ccc(S(=O)(=O)N2CCC(NC(=O)c3ccc(Cl)cc3)CC2)cc1. The highest BCUT2D eigenvalue weighted by Crippen LogP contribution is 2.23. The topological polar surface area (TPSA) is 75.7 Å². The maximum Gasteiger partial charge on any atom is 0.251 e. The first-order valence-electron chi connectivity index (χ1n) is 9.19. The maximum atomic E-state index is 12.8. The molecule has 0 atom stereocenters. The number of hydrogen-bond acceptors (Lipinski definition) is 4. The van der Waals surface area contributed by atoms with E-state index in [0.717, 1.165) is 0 Å². The lowest BCUT2D eigenvalue weighted by Crippen LogP contribution is -2.46. The molecular weight excluding hydrogens is 400 g/mol. The minimum absolute atomic E-state index is 0.0602. The van der Waals surface area contributed by atoms with Crippen molar-refractivity contribution >= 4 is 27.5 Å². The third kappa shape index (κ3) is 4.84. The third-order valence-electron chi connectivity index (χ3n) is 4.67. The van der Waals surface area contributed by atoms with Crippen molar-refractivity contribution in [2.45, 2.75) is 30.7 Å². The number of piperidine rings is 1. The zero-order valence-electron chi connectivity index (χ0n) is 15.6. The Morgan fingerprint density at radius 3 is 2.29 bits per heavy atom. The Hall–Kier alpha value is -2.09. The number of sulfonamides is 1. The van der Waals surface area contributed by atoms with Crippen LogP contribution in [0.25, 0.3) is 0 Å². The monoisotopic (exact) mass is 422 g/mol. The number of nitrogens with one attached hydrogen (secondary N) is 1. The average Bonchev–Trinajstić information content (AvgIpc) is 2.69. The van der Waals surface area contributed by atoms with Crippen LogP contribution in [-0.4, -0.2) is 44.4 Å². The summed E-state index contributed by atoms with van der Waals surface area (Å²) in [4.78, 5) is 12.6. The number of carbonyl (C=O) groups is 1. The number of hydrogen-bond donors (Lipinski definition) is 1. The van der Waals surface area contributed by atoms with Crippen LogP contribution in [0.2, 0.25) is 5.02 Å². The first-order valence-corrected chi connectivity index (χ1v) is 11.0. The summed E-state index contributed by atoms with van der Waals surface area (Å²) in [5, 5.41) is 3.54. The van der Waals surface area contributed by atoms with E-state index in [0.29, 0.717) is 48.9 Å². The Balaban J connectivity index is 1.58. The van der Waals surface area contributed by atoms with Crippen LogP contribution in [0.15, 0.2) is 53.4 Å². The lowest BCUT2D eigenvalue weighted by atomic mass is 10.1. The Morgan fingerprint density at radius 1 is 1.11 bits per heavy atom. The van der Waals surface area contributed by atoms with Gasteiger partial charge >= 0.3 is 0 Å². The molecule has 2 aromatic carbocycles. The molecule has 0 bridgehead atoms. The van der Waals surface area contributed by atoms with Crippen molar-refractivity contribution in [1.82, 2.24) is 9.62 Å². The second-order valence-electron chi connectivity index (χ2n) is 6.56. The highest BCUT2D eigenvalue weighted by Gasteiger charge is 2.30. The predicted molar refractivity (Wildman–Crippen MR) is 108 cm³/mol. The highest BCUT2D eigenvalue weighted by molar-refractivity contribution is 7.89. The molecule has 0 saturated carbocycles. The van der Waals surface area contributed by atoms with Gasteiger partial charge in [-0.3, -0.25) is 4.79 Å². The van der Waals surface area contributed by atoms with E-state index in [1.165, 1.54) is 4.31 Å². The minimum Gasteiger partial charge on any atom is -0.494 e. The average molecular weight is 423 g/mol. The van der Waals surface area contributed by atoms with Crippen molar-refractivity contribution < 1.29 is 17.9 Å². The fraction of sp³-hybridized carbons (Fsp3) is 0.350. The Labute approximate surface area is 170 Å². The molecule has 3 rings (SSSR count). The molecule has 1 fully saturated rings. The molecule has 0 unspecified atom stereocenters. The van der Waals surface area contributed by atoms with Crippen molar-refractivity contribution in [2.75, 3.05) is 19.7 Å². The summed E-state index contributed by atoms with van der Waals surface area (Å²) in [7, 11) is -3.55. The summed E-state index contributed by atoms with van der Waals surface area (Å²) in [6, 6.07) is 13.1. The standard InChI is InChI=1S/C20H23ClN2O4S/c1-2-27-18-7-9-19(10-8-18)28(25,26)23-13-11-17(12-14-23)22-20(24)15-3-5-16(21)6-4-15/h3-10,17H,2,11-14H2,1H3,(H,22,24). The first kappa shape index (κ1) is 20.6. The fourth-order valence-corrected chi connectivity index (χ4v) is 4.73. The summed E-state index contributed by atoms with van der Waals surface area (Å²) < 4.78 is 32.5. The van der Waals surface area contributed by atoms with Gasteiger partial charge < -0.3 is 10.1 Å². The third-order valence-corrected chi connectivity index (χ3v) is 6.83. The second kappa shape index (κ2) is 8.94. The zero-order valence-corrected chi connectivity index (χ0v) is 17.2. The van der Waals surface area contributed by atoms with Crippen LogP contribution >= 0.6 is 11.6 Å². The van der Waals surface area contributed by atoms with Crippen LogP contribution in [0, 0.1) is 0 Å². The molecule has 0 spiro atoms. The maximum absolute atomic E-state index is 12.8. The van der Waals surface area contributed by atoms with Gasteiger partial charge in [-0.25, -0.2) is 8.42 Å². The van der Waals surface area contributed by atoms with Crippen molar-refractivity contribution in [1.29, 1.82) is 0 Å². The normalized spacial score (nSPS) is 15.9. The summed E-state index contributed by atoms with van der Waals surface area (Å²) in [5.41, 5.74) is 0.536. The molecular formula is C20H23ClN2O4S. The van der Waals surface area contributed by atoms with E-state index in [4.69, 9.17) is 16.3 Å². The number of amides is 1. The van der Waals surface area contributed by atoms with Gasteiger partial charge in [-0.05, 0) is 68.3 Å². The van der Waals surface area contributed by atoms with Crippen molar-refractivity contribution in [3.05, 3.63) is 59.1 Å². The van der Waals surface area contributed by atoms with Crippen molar-refractivity contribution in [2.24, 2.45) is 0 Å². The van der Waals surface area contributed by atoms with Gasteiger partial charge in [-0.2, -0.15) is 4.31 Å².